The van der Waals surface area contributed by atoms with Gasteiger partial charge in [-0.3, -0.25) is 9.59 Å². The second-order valence-electron chi connectivity index (χ2n) is 3.32. The van der Waals surface area contributed by atoms with Crippen LogP contribution in [0.2, 0.25) is 0 Å². The maximum atomic E-state index is 10.1. The Morgan fingerprint density at radius 3 is 2.00 bits per heavy atom. The van der Waals surface area contributed by atoms with Crippen molar-refractivity contribution in [2.45, 2.75) is 39.7 Å². The summed E-state index contributed by atoms with van der Waals surface area (Å²) in [6.07, 6.45) is 2.21. The summed E-state index contributed by atoms with van der Waals surface area (Å²) < 4.78 is 0. The number of carbonyl (C=O) groups is 2. The van der Waals surface area contributed by atoms with E-state index in [-0.39, 0.29) is 12.8 Å². The molecule has 0 bridgehead atoms. The number of hydrogen-bond donors (Lipinski definition) is 3. The first-order chi connectivity index (χ1) is 6.81. The van der Waals surface area contributed by atoms with E-state index in [1.165, 1.54) is 5.57 Å². The number of amides is 1. The van der Waals surface area contributed by atoms with Crippen molar-refractivity contribution in [3.8, 4) is 0 Å². The number of aliphatic carboxylic acids is 1. The van der Waals surface area contributed by atoms with E-state index in [1.807, 2.05) is 6.92 Å². The SMILES string of the molecule is CC=C(C)C.NC(=O)CC[C@H](N)C(=O)O. The van der Waals surface area contributed by atoms with Crippen molar-refractivity contribution >= 4 is 11.9 Å². The van der Waals surface area contributed by atoms with Crippen LogP contribution in [0, 0.1) is 0 Å². The summed E-state index contributed by atoms with van der Waals surface area (Å²) in [5, 5.41) is 8.22. The van der Waals surface area contributed by atoms with Gasteiger partial charge in [0.25, 0.3) is 0 Å². The van der Waals surface area contributed by atoms with Gasteiger partial charge in [-0.1, -0.05) is 11.6 Å². The van der Waals surface area contributed by atoms with Gasteiger partial charge < -0.3 is 16.6 Å². The second-order valence-corrected chi connectivity index (χ2v) is 3.32. The molecule has 0 aliphatic rings. The average molecular weight is 216 g/mol. The molecule has 0 rings (SSSR count). The third-order valence-corrected chi connectivity index (χ3v) is 1.60. The Morgan fingerprint density at radius 1 is 1.40 bits per heavy atom. The smallest absolute Gasteiger partial charge is 0.320 e. The van der Waals surface area contributed by atoms with Crippen LogP contribution < -0.4 is 11.5 Å². The van der Waals surface area contributed by atoms with Crippen molar-refractivity contribution in [3.63, 3.8) is 0 Å². The molecule has 15 heavy (non-hydrogen) atoms. The van der Waals surface area contributed by atoms with E-state index in [2.05, 4.69) is 19.9 Å². The van der Waals surface area contributed by atoms with Crippen molar-refractivity contribution < 1.29 is 14.7 Å². The molecule has 1 atom stereocenters. The van der Waals surface area contributed by atoms with Gasteiger partial charge >= 0.3 is 5.97 Å². The fourth-order valence-corrected chi connectivity index (χ4v) is 0.421. The average Bonchev–Trinajstić information content (AvgIpc) is 2.14. The predicted octanol–water partition coefficient (Wildman–Crippen LogP) is 0.636. The number of nitrogens with two attached hydrogens (primary N) is 2. The molecule has 5 heteroatoms. The van der Waals surface area contributed by atoms with Gasteiger partial charge in [0.05, 0.1) is 0 Å². The predicted molar refractivity (Wildman–Crippen MR) is 59.1 cm³/mol. The van der Waals surface area contributed by atoms with E-state index < -0.39 is 17.9 Å². The summed E-state index contributed by atoms with van der Waals surface area (Å²) in [5.74, 6) is -1.64. The lowest BCUT2D eigenvalue weighted by molar-refractivity contribution is -0.138. The molecule has 1 amide bonds. The fraction of sp³-hybridized carbons (Fsp3) is 0.600. The lowest BCUT2D eigenvalue weighted by atomic mass is 10.2. The van der Waals surface area contributed by atoms with Crippen molar-refractivity contribution in [1.82, 2.24) is 0 Å². The molecule has 0 unspecified atom stereocenters. The highest BCUT2D eigenvalue weighted by Gasteiger charge is 2.11. The van der Waals surface area contributed by atoms with E-state index in [0.29, 0.717) is 0 Å². The number of allylic oxidation sites excluding steroid dienone is 2. The standard InChI is InChI=1S/C5H10N2O3.C5H10/c6-3(5(9)10)1-2-4(7)8;1-4-5(2)3/h3H,1-2,6H2,(H2,7,8)(H,9,10);4H,1-3H3/t3-;/m0./s1. The van der Waals surface area contributed by atoms with Crippen LogP contribution in [0.1, 0.15) is 33.6 Å². The molecule has 0 saturated heterocycles. The van der Waals surface area contributed by atoms with Gasteiger partial charge in [0.1, 0.15) is 6.04 Å². The summed E-state index contributed by atoms with van der Waals surface area (Å²) in [5.41, 5.74) is 11.2. The zero-order valence-electron chi connectivity index (χ0n) is 9.49. The lowest BCUT2D eigenvalue weighted by Gasteiger charge is -2.01. The zero-order chi connectivity index (χ0) is 12.4. The van der Waals surface area contributed by atoms with Gasteiger partial charge in [0, 0.05) is 6.42 Å². The van der Waals surface area contributed by atoms with E-state index in [9.17, 15) is 9.59 Å². The molecule has 0 aliphatic heterocycles. The van der Waals surface area contributed by atoms with Crippen LogP contribution in [-0.4, -0.2) is 23.0 Å². The first-order valence-electron chi connectivity index (χ1n) is 4.67. The maximum absolute atomic E-state index is 10.1. The number of primary amides is 1. The summed E-state index contributed by atoms with van der Waals surface area (Å²) in [6, 6.07) is -0.979. The molecule has 0 radical (unpaired) electrons. The third-order valence-electron chi connectivity index (χ3n) is 1.60. The molecule has 0 aliphatic carbocycles. The minimum atomic E-state index is -1.11. The zero-order valence-corrected chi connectivity index (χ0v) is 9.49. The van der Waals surface area contributed by atoms with E-state index >= 15 is 0 Å². The van der Waals surface area contributed by atoms with Crippen LogP contribution in [0.4, 0.5) is 0 Å². The Hall–Kier alpha value is -1.36. The Bertz CT molecular complexity index is 233. The van der Waals surface area contributed by atoms with Gasteiger partial charge in [0.15, 0.2) is 0 Å². The van der Waals surface area contributed by atoms with Crippen molar-refractivity contribution in [1.29, 1.82) is 0 Å². The lowest BCUT2D eigenvalue weighted by Crippen LogP contribution is -2.31. The van der Waals surface area contributed by atoms with Gasteiger partial charge in [-0.05, 0) is 27.2 Å². The molecule has 88 valence electrons. The molecule has 0 aromatic heterocycles. The number of carboxylic acid groups (broad SMARTS) is 1. The highest BCUT2D eigenvalue weighted by atomic mass is 16.4. The Labute approximate surface area is 90.1 Å². The van der Waals surface area contributed by atoms with Gasteiger partial charge in [-0.25, -0.2) is 0 Å². The maximum Gasteiger partial charge on any atom is 0.320 e. The molecule has 0 aromatic rings. The largest absolute Gasteiger partial charge is 0.480 e. The highest BCUT2D eigenvalue weighted by Crippen LogP contribution is 1.92. The van der Waals surface area contributed by atoms with Crippen molar-refractivity contribution in [2.24, 2.45) is 11.5 Å². The number of carboxylic acids is 1. The molecule has 0 heterocycles. The van der Waals surface area contributed by atoms with Crippen LogP contribution >= 0.6 is 0 Å². The number of rotatable bonds is 4. The quantitative estimate of drug-likeness (QED) is 0.599. The molecule has 5 N–H and O–H groups in total. The molecule has 0 fully saturated rings. The topological polar surface area (TPSA) is 106 Å². The van der Waals surface area contributed by atoms with Crippen LogP contribution in [0.3, 0.4) is 0 Å². The molecule has 0 spiro atoms. The van der Waals surface area contributed by atoms with Crippen LogP contribution in [0.5, 0.6) is 0 Å². The second kappa shape index (κ2) is 9.21. The van der Waals surface area contributed by atoms with E-state index in [4.69, 9.17) is 16.6 Å². The molecular formula is C10H20N2O3. The minimum absolute atomic E-state index is 0.0213. The Kier molecular flexibility index (Phi) is 9.87. The molecule has 0 saturated carbocycles. The first kappa shape index (κ1) is 16.1. The van der Waals surface area contributed by atoms with Gasteiger partial charge in [-0.15, -0.1) is 0 Å². The van der Waals surface area contributed by atoms with Gasteiger partial charge in [0.2, 0.25) is 5.91 Å². The van der Waals surface area contributed by atoms with Crippen molar-refractivity contribution in [3.05, 3.63) is 11.6 Å². The highest BCUT2D eigenvalue weighted by molar-refractivity contribution is 5.76. The molecule has 0 aromatic carbocycles. The molecule has 5 nitrogen and oxygen atoms in total. The Morgan fingerprint density at radius 2 is 1.80 bits per heavy atom. The summed E-state index contributed by atoms with van der Waals surface area (Å²) in [4.78, 5) is 20.1. The fourth-order valence-electron chi connectivity index (χ4n) is 0.421. The van der Waals surface area contributed by atoms with Crippen LogP contribution in [0.15, 0.2) is 11.6 Å². The summed E-state index contributed by atoms with van der Waals surface area (Å²) in [6.45, 7) is 6.20. The van der Waals surface area contributed by atoms with Crippen LogP contribution in [-0.2, 0) is 9.59 Å². The van der Waals surface area contributed by atoms with Crippen LogP contribution in [0.25, 0.3) is 0 Å². The Balaban J connectivity index is 0. The first-order valence-corrected chi connectivity index (χ1v) is 4.67. The number of hydrogen-bond acceptors (Lipinski definition) is 3. The minimum Gasteiger partial charge on any atom is -0.480 e. The normalized spacial score (nSPS) is 10.7. The monoisotopic (exact) mass is 216 g/mol. The summed E-state index contributed by atoms with van der Waals surface area (Å²) in [7, 11) is 0. The summed E-state index contributed by atoms with van der Waals surface area (Å²) >= 11 is 0. The molecular weight excluding hydrogens is 196 g/mol. The third kappa shape index (κ3) is 15.4. The van der Waals surface area contributed by atoms with Crippen molar-refractivity contribution in [2.75, 3.05) is 0 Å². The van der Waals surface area contributed by atoms with Gasteiger partial charge in [-0.2, -0.15) is 0 Å². The van der Waals surface area contributed by atoms with E-state index in [1.54, 1.807) is 0 Å². The van der Waals surface area contributed by atoms with E-state index in [0.717, 1.165) is 0 Å². The number of carbonyl (C=O) groups excluding carboxylic acids is 1.